The maximum atomic E-state index is 15.0. The quantitative estimate of drug-likeness (QED) is 0.0615. The molecule has 2 aromatic rings. The molecule has 0 aromatic heterocycles. The molecule has 7 atom stereocenters. The Morgan fingerprint density at radius 1 is 1.05 bits per heavy atom. The number of carbonyl (C=O) groups excluding carboxylic acids is 2. The normalized spacial score (nSPS) is 25.6. The fourth-order valence-electron chi connectivity index (χ4n) is 9.50. The summed E-state index contributed by atoms with van der Waals surface area (Å²) in [6.45, 7) is 6.96. The number of fused-ring (bicyclic) bond motifs is 2. The molecular weight excluding hydrogens is 797 g/mol. The molecule has 2 heterocycles. The largest absolute Gasteiger partial charge is 0.459 e. The summed E-state index contributed by atoms with van der Waals surface area (Å²) in [4.78, 5) is 35.7. The van der Waals surface area contributed by atoms with Gasteiger partial charge in [-0.15, -0.1) is 6.58 Å². The number of nitrogens with one attached hydrogen (secondary N) is 1. The van der Waals surface area contributed by atoms with Crippen LogP contribution in [0, 0.1) is 29.1 Å². The number of nitrogens with zero attached hydrogens (tertiary/aromatic N) is 3. The van der Waals surface area contributed by atoms with Crippen LogP contribution in [0.3, 0.4) is 0 Å². The summed E-state index contributed by atoms with van der Waals surface area (Å²) in [5.41, 5.74) is 3.00. The van der Waals surface area contributed by atoms with Gasteiger partial charge in [0, 0.05) is 56.2 Å². The topological polar surface area (TPSA) is 202 Å². The lowest BCUT2D eigenvalue weighted by molar-refractivity contribution is -0.255. The molecule has 4 aliphatic rings. The van der Waals surface area contributed by atoms with Crippen molar-refractivity contribution in [2.24, 2.45) is 22.9 Å². The molecule has 2 amide bonds. The first kappa shape index (κ1) is 46.7. The van der Waals surface area contributed by atoms with E-state index in [1.807, 2.05) is 13.0 Å². The Bertz CT molecular complexity index is 1910. The van der Waals surface area contributed by atoms with Gasteiger partial charge in [-0.2, -0.15) is 5.26 Å². The van der Waals surface area contributed by atoms with E-state index in [1.54, 1.807) is 47.4 Å². The van der Waals surface area contributed by atoms with E-state index in [9.17, 15) is 25.4 Å². The molecule has 62 heavy (non-hydrogen) atoms. The van der Waals surface area contributed by atoms with Crippen LogP contribution >= 0.6 is 0 Å². The zero-order chi connectivity index (χ0) is 43.9. The highest BCUT2D eigenvalue weighted by molar-refractivity contribution is 6.03. The first-order valence-electron chi connectivity index (χ1n) is 22.1. The summed E-state index contributed by atoms with van der Waals surface area (Å²) in [6.07, 6.45) is 9.65. The van der Waals surface area contributed by atoms with E-state index in [1.165, 1.54) is 0 Å². The molecule has 1 saturated carbocycles. The van der Waals surface area contributed by atoms with Crippen LogP contribution < -0.4 is 14.8 Å². The van der Waals surface area contributed by atoms with E-state index in [0.717, 1.165) is 49.7 Å². The molecule has 2 fully saturated rings. The number of unbranched alkanes of at least 4 members (excludes halogenated alkanes) is 2. The maximum absolute atomic E-state index is 15.0. The van der Waals surface area contributed by atoms with Gasteiger partial charge >= 0.3 is 6.09 Å². The van der Waals surface area contributed by atoms with Gasteiger partial charge in [0.2, 0.25) is 12.1 Å². The standard InChI is InChI=1S/C47H62N4O11/c1-3-24-59-47-41(51(20-26-57-27-23-54)45(55)33-16-14-32(31-48)15-17-33)30-39(50-62-42-13-7-10-25-58-42)37-28-34(11-5-8-21-52)36(12-6-9-22-53)43(44(37)47)38-29-35(18-19-40(38)61-47)60-46(56)49-4-2/h3,14-19,28-29,34,36,41-44,52-54H,1,4-13,20-27,30H2,2H3,(H,49,56)/t34-,36+,41-,42?,43+,44+,47+/m0/s1. The van der Waals surface area contributed by atoms with Crippen molar-refractivity contribution < 1.29 is 53.4 Å². The highest BCUT2D eigenvalue weighted by atomic mass is 16.8. The molecule has 4 N–H and O–H groups in total. The van der Waals surface area contributed by atoms with Crippen molar-refractivity contribution in [2.45, 2.75) is 95.2 Å². The zero-order valence-electron chi connectivity index (χ0n) is 35.8. The van der Waals surface area contributed by atoms with E-state index in [4.69, 9.17) is 33.7 Å². The smallest absolute Gasteiger partial charge is 0.412 e. The molecular formula is C47H62N4O11. The summed E-state index contributed by atoms with van der Waals surface area (Å²) in [5.74, 6) is -2.10. The van der Waals surface area contributed by atoms with Crippen LogP contribution in [-0.2, 0) is 19.0 Å². The molecule has 15 nitrogen and oxygen atoms in total. The minimum atomic E-state index is -1.55. The van der Waals surface area contributed by atoms with E-state index >= 15 is 4.79 Å². The number of nitriles is 1. The molecule has 6 rings (SSSR count). The van der Waals surface area contributed by atoms with Crippen LogP contribution in [0.15, 0.2) is 71.9 Å². The Hall–Kier alpha value is -4.82. The first-order valence-corrected chi connectivity index (χ1v) is 22.1. The molecule has 1 saturated heterocycles. The predicted octanol–water partition coefficient (Wildman–Crippen LogP) is 5.98. The lowest BCUT2D eigenvalue weighted by atomic mass is 9.55. The summed E-state index contributed by atoms with van der Waals surface area (Å²) < 4.78 is 31.9. The Labute approximate surface area is 364 Å². The van der Waals surface area contributed by atoms with Gasteiger partial charge < -0.3 is 54.1 Å². The highest BCUT2D eigenvalue weighted by Crippen LogP contribution is 2.62. The number of oxime groups is 1. The van der Waals surface area contributed by atoms with Crippen LogP contribution in [0.2, 0.25) is 0 Å². The molecule has 0 spiro atoms. The number of benzene rings is 2. The minimum Gasteiger partial charge on any atom is -0.459 e. The molecule has 1 unspecified atom stereocenters. The third kappa shape index (κ3) is 10.9. The van der Waals surface area contributed by atoms with Crippen LogP contribution in [0.1, 0.15) is 98.5 Å². The summed E-state index contributed by atoms with van der Waals surface area (Å²) in [7, 11) is 0. The monoisotopic (exact) mass is 858 g/mol. The van der Waals surface area contributed by atoms with Crippen LogP contribution in [0.4, 0.5) is 4.79 Å². The second-order valence-electron chi connectivity index (χ2n) is 16.1. The van der Waals surface area contributed by atoms with Gasteiger partial charge in [0.15, 0.2) is 0 Å². The fraction of sp³-hybridized carbons (Fsp3) is 0.574. The highest BCUT2D eigenvalue weighted by Gasteiger charge is 2.65. The summed E-state index contributed by atoms with van der Waals surface area (Å²) in [5, 5.41) is 46.6. The van der Waals surface area contributed by atoms with Crippen molar-refractivity contribution >= 4 is 17.7 Å². The van der Waals surface area contributed by atoms with E-state index in [-0.39, 0.29) is 76.3 Å². The van der Waals surface area contributed by atoms with Crippen LogP contribution in [0.5, 0.6) is 11.5 Å². The van der Waals surface area contributed by atoms with Crippen molar-refractivity contribution in [2.75, 3.05) is 59.3 Å². The lowest BCUT2D eigenvalue weighted by Gasteiger charge is -2.60. The Morgan fingerprint density at radius 2 is 1.84 bits per heavy atom. The van der Waals surface area contributed by atoms with Gasteiger partial charge in [-0.1, -0.05) is 30.1 Å². The number of hydrogen-bond donors (Lipinski definition) is 4. The molecule has 2 aliphatic heterocycles. The lowest BCUT2D eigenvalue weighted by Crippen LogP contribution is -2.70. The number of hydrogen-bond acceptors (Lipinski definition) is 13. The number of carbonyl (C=O) groups is 2. The molecule has 0 radical (unpaired) electrons. The number of rotatable bonds is 22. The van der Waals surface area contributed by atoms with Gasteiger partial charge in [0.05, 0.1) is 56.3 Å². The van der Waals surface area contributed by atoms with Crippen molar-refractivity contribution in [1.82, 2.24) is 10.2 Å². The molecule has 2 aromatic carbocycles. The minimum absolute atomic E-state index is 0.0107. The van der Waals surface area contributed by atoms with Crippen molar-refractivity contribution in [3.63, 3.8) is 0 Å². The van der Waals surface area contributed by atoms with E-state index in [0.29, 0.717) is 60.8 Å². The molecule has 0 bridgehead atoms. The Balaban J connectivity index is 1.60. The average molecular weight is 859 g/mol. The van der Waals surface area contributed by atoms with Crippen molar-refractivity contribution in [3.05, 3.63) is 83.5 Å². The number of ether oxygens (including phenoxy) is 5. The third-order valence-electron chi connectivity index (χ3n) is 12.2. The summed E-state index contributed by atoms with van der Waals surface area (Å²) in [6, 6.07) is 13.0. The summed E-state index contributed by atoms with van der Waals surface area (Å²) >= 11 is 0. The van der Waals surface area contributed by atoms with Crippen LogP contribution in [-0.4, -0.2) is 115 Å². The second kappa shape index (κ2) is 23.0. The van der Waals surface area contributed by atoms with Crippen molar-refractivity contribution in [3.8, 4) is 17.6 Å². The number of aliphatic hydroxyl groups excluding tert-OH is 3. The van der Waals surface area contributed by atoms with Gasteiger partial charge in [-0.05, 0) is 105 Å². The first-order chi connectivity index (χ1) is 30.3. The second-order valence-corrected chi connectivity index (χ2v) is 16.1. The molecule has 336 valence electrons. The predicted molar refractivity (Wildman–Crippen MR) is 229 cm³/mol. The Kier molecular flexibility index (Phi) is 17.3. The van der Waals surface area contributed by atoms with Crippen molar-refractivity contribution in [1.29, 1.82) is 5.26 Å². The van der Waals surface area contributed by atoms with E-state index in [2.05, 4.69) is 24.0 Å². The van der Waals surface area contributed by atoms with E-state index < -0.39 is 30.1 Å². The fourth-order valence-corrected chi connectivity index (χ4v) is 9.50. The van der Waals surface area contributed by atoms with Gasteiger partial charge in [0.1, 0.15) is 17.5 Å². The zero-order valence-corrected chi connectivity index (χ0v) is 35.8. The number of aliphatic hydroxyl groups is 3. The number of amides is 2. The average Bonchev–Trinajstić information content (AvgIpc) is 3.29. The number of allylic oxidation sites excluding steroid dienone is 1. The molecule has 15 heteroatoms. The van der Waals surface area contributed by atoms with Gasteiger partial charge in [0.25, 0.3) is 5.91 Å². The van der Waals surface area contributed by atoms with Crippen LogP contribution in [0.25, 0.3) is 0 Å². The third-order valence-corrected chi connectivity index (χ3v) is 12.2. The van der Waals surface area contributed by atoms with Gasteiger partial charge in [-0.25, -0.2) is 4.79 Å². The molecule has 2 aliphatic carbocycles. The SMILES string of the molecule is C=CCO[C@@]12Oc3ccc(OC(=O)NCC)cc3[C@H]3[C@H](CCCCO)[C@@H](CCCCO)C=C(C(=NOC4CCCCO4)C[C@@H]1N(CCOCCO)C(=O)c1ccc(C#N)cc1)[C@H]32. The van der Waals surface area contributed by atoms with Gasteiger partial charge in [-0.3, -0.25) is 4.79 Å². The maximum Gasteiger partial charge on any atom is 0.412 e. The Morgan fingerprint density at radius 3 is 2.53 bits per heavy atom.